The Labute approximate surface area is 276 Å². The molecule has 1 aliphatic rings. The van der Waals surface area contributed by atoms with Crippen LogP contribution in [0.5, 0.6) is 5.75 Å². The van der Waals surface area contributed by atoms with Gasteiger partial charge in [0.15, 0.2) is 0 Å². The third kappa shape index (κ3) is 6.03. The zero-order chi connectivity index (χ0) is 33.2. The second-order valence-electron chi connectivity index (χ2n) is 13.2. The number of rotatable bonds is 11. The Morgan fingerprint density at radius 2 is 1.49 bits per heavy atom. The molecule has 1 unspecified atom stereocenters. The van der Waals surface area contributed by atoms with Gasteiger partial charge >= 0.3 is 5.97 Å². The number of carbonyl (C=O) groups is 2. The van der Waals surface area contributed by atoms with Gasteiger partial charge in [-0.1, -0.05) is 93.6 Å². The number of anilines is 1. The van der Waals surface area contributed by atoms with Crippen molar-refractivity contribution < 1.29 is 19.1 Å². The standard InChI is InChI=1S/C40H43N3O4/c1-27(25-39(2,3)38(45)43-23-22-32-33-24-35(37(44)47-5)42-34(33)20-21-36(32)43)26-41-40(28-12-8-6-9-13-28,29-14-10-7-11-15-29)30-16-18-31(46-4)19-17-30/h6-21,24,27,41-42H,22-23,25-26H2,1-5H3. The van der Waals surface area contributed by atoms with E-state index in [4.69, 9.17) is 9.47 Å². The molecule has 0 aliphatic carbocycles. The zero-order valence-electron chi connectivity index (χ0n) is 27.8. The number of aromatic amines is 1. The number of methoxy groups -OCH3 is 2. The normalized spacial score (nSPS) is 13.8. The molecule has 7 heteroatoms. The van der Waals surface area contributed by atoms with Crippen molar-refractivity contribution in [1.82, 2.24) is 10.3 Å². The van der Waals surface area contributed by atoms with E-state index >= 15 is 0 Å². The number of aromatic nitrogens is 1. The van der Waals surface area contributed by atoms with Gasteiger partial charge in [-0.3, -0.25) is 10.1 Å². The number of nitrogens with one attached hydrogen (secondary N) is 2. The van der Waals surface area contributed by atoms with Gasteiger partial charge in [0.1, 0.15) is 11.4 Å². The molecule has 0 radical (unpaired) electrons. The van der Waals surface area contributed by atoms with Crippen LogP contribution < -0.4 is 15.0 Å². The van der Waals surface area contributed by atoms with Crippen LogP contribution in [-0.2, 0) is 21.5 Å². The van der Waals surface area contributed by atoms with Gasteiger partial charge in [-0.05, 0) is 77.9 Å². The minimum atomic E-state index is -0.615. The molecule has 2 heterocycles. The van der Waals surface area contributed by atoms with Crippen LogP contribution >= 0.6 is 0 Å². The van der Waals surface area contributed by atoms with Crippen LogP contribution in [0, 0.1) is 11.3 Å². The summed E-state index contributed by atoms with van der Waals surface area (Å²) >= 11 is 0. The predicted molar refractivity (Wildman–Crippen MR) is 187 cm³/mol. The highest BCUT2D eigenvalue weighted by Crippen LogP contribution is 2.40. The summed E-state index contributed by atoms with van der Waals surface area (Å²) in [6.07, 6.45) is 1.44. The molecule has 6 rings (SSSR count). The van der Waals surface area contributed by atoms with Gasteiger partial charge < -0.3 is 19.4 Å². The first-order chi connectivity index (χ1) is 22.7. The summed E-state index contributed by atoms with van der Waals surface area (Å²) in [6.45, 7) is 7.62. The number of esters is 1. The molecule has 47 heavy (non-hydrogen) atoms. The number of hydrogen-bond donors (Lipinski definition) is 2. The minimum absolute atomic E-state index is 0.110. The molecular formula is C40H43N3O4. The lowest BCUT2D eigenvalue weighted by atomic mass is 9.76. The first-order valence-electron chi connectivity index (χ1n) is 16.2. The number of amides is 1. The lowest BCUT2D eigenvalue weighted by molar-refractivity contribution is -0.127. The first-order valence-corrected chi connectivity index (χ1v) is 16.2. The second-order valence-corrected chi connectivity index (χ2v) is 13.2. The maximum absolute atomic E-state index is 14.2. The van der Waals surface area contributed by atoms with Crippen LogP contribution in [-0.4, -0.2) is 44.2 Å². The molecule has 5 aromatic rings. The minimum Gasteiger partial charge on any atom is -0.497 e. The fraction of sp³-hybridized carbons (Fsp3) is 0.300. The largest absolute Gasteiger partial charge is 0.497 e. The number of H-pyrrole nitrogens is 1. The molecular weight excluding hydrogens is 586 g/mol. The topological polar surface area (TPSA) is 83.7 Å². The third-order valence-corrected chi connectivity index (χ3v) is 9.51. The molecule has 1 aromatic heterocycles. The molecule has 1 amide bonds. The highest BCUT2D eigenvalue weighted by Gasteiger charge is 2.40. The van der Waals surface area contributed by atoms with Crippen LogP contribution in [0.3, 0.4) is 0 Å². The average Bonchev–Trinajstić information content (AvgIpc) is 3.74. The van der Waals surface area contributed by atoms with Gasteiger partial charge in [0.2, 0.25) is 5.91 Å². The van der Waals surface area contributed by atoms with Gasteiger partial charge in [-0.15, -0.1) is 0 Å². The Balaban J connectivity index is 1.25. The van der Waals surface area contributed by atoms with E-state index in [0.29, 0.717) is 25.2 Å². The summed E-state index contributed by atoms with van der Waals surface area (Å²) < 4.78 is 10.4. The summed E-state index contributed by atoms with van der Waals surface area (Å²) in [5.41, 5.74) is 5.46. The van der Waals surface area contributed by atoms with Crippen molar-refractivity contribution in [3.05, 3.63) is 131 Å². The van der Waals surface area contributed by atoms with Crippen molar-refractivity contribution in [3.8, 4) is 5.75 Å². The summed E-state index contributed by atoms with van der Waals surface area (Å²) in [5.74, 6) is 0.691. The van der Waals surface area contributed by atoms with E-state index in [2.05, 4.69) is 91.7 Å². The van der Waals surface area contributed by atoms with Crippen molar-refractivity contribution in [2.45, 2.75) is 39.2 Å². The molecule has 0 bridgehead atoms. The lowest BCUT2D eigenvalue weighted by Crippen LogP contribution is -2.47. The van der Waals surface area contributed by atoms with E-state index < -0.39 is 16.9 Å². The van der Waals surface area contributed by atoms with Gasteiger partial charge in [0, 0.05) is 28.6 Å². The summed E-state index contributed by atoms with van der Waals surface area (Å²) in [6, 6.07) is 35.1. The van der Waals surface area contributed by atoms with Crippen LogP contribution in [0.15, 0.2) is 103 Å². The van der Waals surface area contributed by atoms with Gasteiger partial charge in [-0.25, -0.2) is 4.79 Å². The van der Waals surface area contributed by atoms with E-state index in [0.717, 1.165) is 51.0 Å². The predicted octanol–water partition coefficient (Wildman–Crippen LogP) is 7.49. The van der Waals surface area contributed by atoms with Crippen LogP contribution in [0.4, 0.5) is 5.69 Å². The maximum atomic E-state index is 14.2. The van der Waals surface area contributed by atoms with Crippen molar-refractivity contribution in [2.75, 3.05) is 32.2 Å². The summed E-state index contributed by atoms with van der Waals surface area (Å²) in [5, 5.41) is 4.96. The van der Waals surface area contributed by atoms with E-state index in [-0.39, 0.29) is 11.8 Å². The van der Waals surface area contributed by atoms with E-state index in [1.54, 1.807) is 7.11 Å². The van der Waals surface area contributed by atoms with Gasteiger partial charge in [0.25, 0.3) is 0 Å². The van der Waals surface area contributed by atoms with Crippen molar-refractivity contribution >= 4 is 28.5 Å². The Hall–Kier alpha value is -4.88. The SMILES string of the molecule is COC(=O)c1cc2c3c(ccc2[nH]1)N(C(=O)C(C)(C)CC(C)CNC(c1ccccc1)(c1ccccc1)c1ccc(OC)cc1)CC3. The van der Waals surface area contributed by atoms with Gasteiger partial charge in [-0.2, -0.15) is 0 Å². The summed E-state index contributed by atoms with van der Waals surface area (Å²) in [4.78, 5) is 31.4. The monoisotopic (exact) mass is 629 g/mol. The van der Waals surface area contributed by atoms with Crippen molar-refractivity contribution in [1.29, 1.82) is 0 Å². The molecule has 0 spiro atoms. The molecule has 1 atom stereocenters. The number of carbonyl (C=O) groups excluding carboxylic acids is 2. The second kappa shape index (κ2) is 13.1. The smallest absolute Gasteiger partial charge is 0.354 e. The number of nitrogens with zero attached hydrogens (tertiary/aromatic N) is 1. The summed E-state index contributed by atoms with van der Waals surface area (Å²) in [7, 11) is 3.06. The highest BCUT2D eigenvalue weighted by atomic mass is 16.5. The molecule has 7 nitrogen and oxygen atoms in total. The third-order valence-electron chi connectivity index (χ3n) is 9.51. The van der Waals surface area contributed by atoms with E-state index in [1.165, 1.54) is 7.11 Å². The van der Waals surface area contributed by atoms with Gasteiger partial charge in [0.05, 0.1) is 19.8 Å². The maximum Gasteiger partial charge on any atom is 0.354 e. The fourth-order valence-corrected chi connectivity index (χ4v) is 7.29. The van der Waals surface area contributed by atoms with Crippen LogP contribution in [0.25, 0.3) is 10.9 Å². The molecule has 0 saturated heterocycles. The average molecular weight is 630 g/mol. The molecule has 4 aromatic carbocycles. The molecule has 2 N–H and O–H groups in total. The Kier molecular flexibility index (Phi) is 8.93. The number of hydrogen-bond acceptors (Lipinski definition) is 5. The highest BCUT2D eigenvalue weighted by molar-refractivity contribution is 6.04. The Morgan fingerprint density at radius 1 is 0.872 bits per heavy atom. The van der Waals surface area contributed by atoms with E-state index in [9.17, 15) is 9.59 Å². The Morgan fingerprint density at radius 3 is 2.09 bits per heavy atom. The fourth-order valence-electron chi connectivity index (χ4n) is 7.29. The molecule has 242 valence electrons. The molecule has 0 saturated carbocycles. The first kappa shape index (κ1) is 32.1. The van der Waals surface area contributed by atoms with Crippen LogP contribution in [0.1, 0.15) is 59.9 Å². The quantitative estimate of drug-likeness (QED) is 0.117. The zero-order valence-corrected chi connectivity index (χ0v) is 27.8. The van der Waals surface area contributed by atoms with Crippen LogP contribution in [0.2, 0.25) is 0 Å². The lowest BCUT2D eigenvalue weighted by Gasteiger charge is -2.39. The van der Waals surface area contributed by atoms with Crippen molar-refractivity contribution in [3.63, 3.8) is 0 Å². The number of fused-ring (bicyclic) bond motifs is 3. The molecule has 0 fully saturated rings. The molecule has 1 aliphatic heterocycles. The number of ether oxygens (including phenoxy) is 2. The Bertz CT molecular complexity index is 1820. The number of benzene rings is 4. The van der Waals surface area contributed by atoms with E-state index in [1.807, 2.05) is 47.4 Å². The van der Waals surface area contributed by atoms with Crippen molar-refractivity contribution in [2.24, 2.45) is 11.3 Å².